The maximum absolute atomic E-state index is 12.6. The lowest BCUT2D eigenvalue weighted by atomic mass is 9.76. The molecule has 5 nitrogen and oxygen atoms in total. The fraction of sp³-hybridized carbons (Fsp3) is 0.158. The van der Waals surface area contributed by atoms with Crippen LogP contribution in [0.4, 0.5) is 0 Å². The minimum atomic E-state index is -1.26. The van der Waals surface area contributed by atoms with Crippen LogP contribution < -0.4 is 5.32 Å². The summed E-state index contributed by atoms with van der Waals surface area (Å²) in [7, 11) is 1.63. The van der Waals surface area contributed by atoms with Gasteiger partial charge in [-0.2, -0.15) is 0 Å². The number of benzene rings is 5. The molecule has 0 spiro atoms. The molecule has 0 bridgehead atoms. The summed E-state index contributed by atoms with van der Waals surface area (Å²) >= 11 is 0. The largest absolute Gasteiger partial charge is 0.378 e. The maximum atomic E-state index is 12.6. The van der Waals surface area contributed by atoms with E-state index < -0.39 is 11.1 Å². The molecule has 1 aliphatic carbocycles. The van der Waals surface area contributed by atoms with Crippen molar-refractivity contribution in [1.82, 2.24) is 14.9 Å². The van der Waals surface area contributed by atoms with Crippen molar-refractivity contribution >= 4 is 16.7 Å². The van der Waals surface area contributed by atoms with Crippen molar-refractivity contribution in [3.8, 4) is 0 Å². The van der Waals surface area contributed by atoms with Gasteiger partial charge in [-0.3, -0.25) is 4.79 Å². The Bertz CT molecular complexity index is 1800. The number of hydrogen-bond donors (Lipinski definition) is 2. The van der Waals surface area contributed by atoms with Gasteiger partial charge < -0.3 is 15.0 Å². The smallest absolute Gasteiger partial charge is 0.251 e. The fourth-order valence-electron chi connectivity index (χ4n) is 6.55. The van der Waals surface area contributed by atoms with E-state index in [0.717, 1.165) is 45.9 Å². The number of fused-ring (bicyclic) bond motifs is 1. The first kappa shape index (κ1) is 26.9. The first-order chi connectivity index (χ1) is 21.0. The van der Waals surface area contributed by atoms with E-state index in [-0.39, 0.29) is 11.8 Å². The lowest BCUT2D eigenvalue weighted by Gasteiger charge is -2.37. The number of imidazole rings is 1. The van der Waals surface area contributed by atoms with Crippen molar-refractivity contribution in [3.63, 3.8) is 0 Å². The third-order valence-electron chi connectivity index (χ3n) is 8.87. The van der Waals surface area contributed by atoms with Gasteiger partial charge in [-0.1, -0.05) is 109 Å². The van der Waals surface area contributed by atoms with E-state index in [2.05, 4.69) is 82.7 Å². The number of nitrogens with one attached hydrogen (secondary N) is 1. The number of carbonyl (C=O) groups is 1. The van der Waals surface area contributed by atoms with Gasteiger partial charge in [0.2, 0.25) is 0 Å². The zero-order valence-electron chi connectivity index (χ0n) is 24.0. The highest BCUT2D eigenvalue weighted by molar-refractivity contribution is 5.98. The van der Waals surface area contributed by atoms with Crippen LogP contribution in [0.1, 0.15) is 51.1 Å². The standard InChI is InChI=1S/C38H33N3O2/c1-39-36(42)29-18-17-28-24-34(20-19-27(28)23-29)38(43,33-21-22-33)35-25-41(26-40-35)37(30-11-5-2-6-12-30,31-13-7-3-8-14-31)32-15-9-4-10-16-32/h2-20,23-26,33,43H,21-22H2,1H3,(H,39,42). The summed E-state index contributed by atoms with van der Waals surface area (Å²) in [6.45, 7) is 0. The first-order valence-corrected chi connectivity index (χ1v) is 14.8. The summed E-state index contributed by atoms with van der Waals surface area (Å²) in [5.74, 6) is -0.0530. The number of hydrogen-bond acceptors (Lipinski definition) is 3. The molecule has 5 aromatic carbocycles. The Morgan fingerprint density at radius 1 is 0.744 bits per heavy atom. The lowest BCUT2D eigenvalue weighted by molar-refractivity contribution is 0.0523. The first-order valence-electron chi connectivity index (χ1n) is 14.8. The fourth-order valence-corrected chi connectivity index (χ4v) is 6.55. The molecule has 1 heterocycles. The van der Waals surface area contributed by atoms with Crippen LogP contribution in [0.15, 0.2) is 140 Å². The van der Waals surface area contributed by atoms with Gasteiger partial charge in [0, 0.05) is 18.8 Å². The Balaban J connectivity index is 1.41. The summed E-state index contributed by atoms with van der Waals surface area (Å²) in [6.07, 6.45) is 5.76. The van der Waals surface area contributed by atoms with E-state index in [4.69, 9.17) is 4.98 Å². The second kappa shape index (κ2) is 10.7. The van der Waals surface area contributed by atoms with E-state index in [1.807, 2.05) is 67.1 Å². The van der Waals surface area contributed by atoms with Gasteiger partial charge in [0.05, 0.1) is 12.0 Å². The average Bonchev–Trinajstić information content (AvgIpc) is 3.82. The minimum Gasteiger partial charge on any atom is -0.378 e. The molecule has 1 saturated carbocycles. The molecule has 1 unspecified atom stereocenters. The van der Waals surface area contributed by atoms with Crippen molar-refractivity contribution < 1.29 is 9.90 Å². The zero-order valence-corrected chi connectivity index (χ0v) is 24.0. The quantitative estimate of drug-likeness (QED) is 0.198. The molecule has 0 saturated heterocycles. The van der Waals surface area contributed by atoms with Crippen molar-refractivity contribution in [3.05, 3.63) is 173 Å². The van der Waals surface area contributed by atoms with Crippen molar-refractivity contribution in [1.29, 1.82) is 0 Å². The summed E-state index contributed by atoms with van der Waals surface area (Å²) in [4.78, 5) is 17.2. The highest BCUT2D eigenvalue weighted by atomic mass is 16.3. The van der Waals surface area contributed by atoms with Crippen LogP contribution in [-0.2, 0) is 11.1 Å². The summed E-state index contributed by atoms with van der Waals surface area (Å²) < 4.78 is 2.16. The van der Waals surface area contributed by atoms with Crippen molar-refractivity contribution in [2.75, 3.05) is 7.05 Å². The van der Waals surface area contributed by atoms with Gasteiger partial charge >= 0.3 is 0 Å². The van der Waals surface area contributed by atoms with Gasteiger partial charge in [-0.05, 0) is 70.0 Å². The average molecular weight is 564 g/mol. The number of aliphatic hydroxyl groups is 1. The topological polar surface area (TPSA) is 67.2 Å². The Hall–Kier alpha value is -5.00. The molecule has 7 rings (SSSR count). The van der Waals surface area contributed by atoms with E-state index in [1.165, 1.54) is 0 Å². The maximum Gasteiger partial charge on any atom is 0.251 e. The predicted molar refractivity (Wildman–Crippen MR) is 170 cm³/mol. The molecular formula is C38H33N3O2. The number of aromatic nitrogens is 2. The molecule has 43 heavy (non-hydrogen) atoms. The second-order valence-corrected chi connectivity index (χ2v) is 11.4. The molecule has 5 heteroatoms. The van der Waals surface area contributed by atoms with Gasteiger partial charge in [-0.25, -0.2) is 4.98 Å². The molecule has 1 atom stereocenters. The summed E-state index contributed by atoms with van der Waals surface area (Å²) in [5, 5.41) is 17.2. The summed E-state index contributed by atoms with van der Waals surface area (Å²) in [6, 6.07) is 43.1. The second-order valence-electron chi connectivity index (χ2n) is 11.4. The highest BCUT2D eigenvalue weighted by Gasteiger charge is 2.49. The van der Waals surface area contributed by atoms with E-state index in [1.54, 1.807) is 7.05 Å². The van der Waals surface area contributed by atoms with Gasteiger partial charge in [-0.15, -0.1) is 0 Å². The molecular weight excluding hydrogens is 530 g/mol. The van der Waals surface area contributed by atoms with Crippen LogP contribution in [0.3, 0.4) is 0 Å². The van der Waals surface area contributed by atoms with E-state index in [9.17, 15) is 9.90 Å². The molecule has 212 valence electrons. The number of rotatable bonds is 8. The number of carbonyl (C=O) groups excluding carboxylic acids is 1. The third kappa shape index (κ3) is 4.44. The Kier molecular flexibility index (Phi) is 6.68. The monoisotopic (exact) mass is 563 g/mol. The molecule has 2 N–H and O–H groups in total. The van der Waals surface area contributed by atoms with E-state index in [0.29, 0.717) is 11.3 Å². The third-order valence-corrected chi connectivity index (χ3v) is 8.87. The van der Waals surface area contributed by atoms with Gasteiger partial charge in [0.25, 0.3) is 5.91 Å². The number of amides is 1. The molecule has 1 fully saturated rings. The normalized spacial score (nSPS) is 14.7. The summed E-state index contributed by atoms with van der Waals surface area (Å²) in [5.41, 5.74) is 3.39. The van der Waals surface area contributed by atoms with Crippen molar-refractivity contribution in [2.24, 2.45) is 5.92 Å². The number of nitrogens with zero attached hydrogens (tertiary/aromatic N) is 2. The van der Waals surface area contributed by atoms with Crippen LogP contribution in [0, 0.1) is 5.92 Å². The lowest BCUT2D eigenvalue weighted by Crippen LogP contribution is -2.37. The van der Waals surface area contributed by atoms with Gasteiger partial charge in [0.1, 0.15) is 11.1 Å². The molecule has 0 radical (unpaired) electrons. The Morgan fingerprint density at radius 3 is 1.81 bits per heavy atom. The van der Waals surface area contributed by atoms with Crippen LogP contribution in [0.2, 0.25) is 0 Å². The molecule has 0 aliphatic heterocycles. The Labute approximate surface area is 251 Å². The van der Waals surface area contributed by atoms with Crippen LogP contribution in [0.25, 0.3) is 10.8 Å². The predicted octanol–water partition coefficient (Wildman–Crippen LogP) is 6.88. The Morgan fingerprint density at radius 2 is 1.28 bits per heavy atom. The van der Waals surface area contributed by atoms with Gasteiger partial charge in [0.15, 0.2) is 0 Å². The van der Waals surface area contributed by atoms with Crippen molar-refractivity contribution in [2.45, 2.75) is 24.0 Å². The van der Waals surface area contributed by atoms with Crippen LogP contribution >= 0.6 is 0 Å². The minimum absolute atomic E-state index is 0.0676. The molecule has 1 amide bonds. The molecule has 1 aliphatic rings. The van der Waals surface area contributed by atoms with Crippen LogP contribution in [0.5, 0.6) is 0 Å². The highest BCUT2D eigenvalue weighted by Crippen LogP contribution is 2.50. The van der Waals surface area contributed by atoms with E-state index >= 15 is 0 Å². The van der Waals surface area contributed by atoms with Crippen LogP contribution in [-0.4, -0.2) is 27.6 Å². The molecule has 6 aromatic rings. The molecule has 1 aromatic heterocycles. The zero-order chi connectivity index (χ0) is 29.4. The SMILES string of the molecule is CNC(=O)c1ccc2cc(C(O)(c3cn(C(c4ccccc4)(c4ccccc4)c4ccccc4)cn3)C3CC3)ccc2c1.